The van der Waals surface area contributed by atoms with Crippen LogP contribution >= 0.6 is 0 Å². The summed E-state index contributed by atoms with van der Waals surface area (Å²) in [4.78, 5) is 14.3. The zero-order valence-electron chi connectivity index (χ0n) is 16.4. The lowest BCUT2D eigenvalue weighted by Gasteiger charge is -2.25. The normalized spacial score (nSPS) is 16.2. The molecule has 0 aliphatic carbocycles. The lowest BCUT2D eigenvalue weighted by Crippen LogP contribution is -3.11. The van der Waals surface area contributed by atoms with Gasteiger partial charge in [-0.25, -0.2) is 12.7 Å². The Labute approximate surface area is 167 Å². The third-order valence-corrected chi connectivity index (χ3v) is 7.13. The molecule has 3 rings (SSSR count). The first-order valence-corrected chi connectivity index (χ1v) is 11.0. The molecule has 1 heterocycles. The van der Waals surface area contributed by atoms with E-state index < -0.39 is 10.0 Å². The van der Waals surface area contributed by atoms with Crippen LogP contribution in [0.5, 0.6) is 0 Å². The number of quaternary nitrogens is 1. The zero-order valence-corrected chi connectivity index (χ0v) is 17.2. The molecule has 0 bridgehead atoms. The molecule has 1 fully saturated rings. The molecule has 0 spiro atoms. The van der Waals surface area contributed by atoms with E-state index in [1.165, 1.54) is 49.5 Å². The summed E-state index contributed by atoms with van der Waals surface area (Å²) in [5, 5.41) is 3.04. The fraction of sp³-hybridized carbons (Fsp3) is 0.381. The van der Waals surface area contributed by atoms with Crippen LogP contribution in [-0.2, 0) is 10.0 Å². The van der Waals surface area contributed by atoms with E-state index in [1.807, 2.05) is 18.2 Å². The summed E-state index contributed by atoms with van der Waals surface area (Å²) in [6.45, 7) is 2.79. The molecule has 1 atom stereocenters. The molecule has 1 saturated heterocycles. The molecule has 150 valence electrons. The van der Waals surface area contributed by atoms with Crippen LogP contribution in [0.15, 0.2) is 59.5 Å². The highest BCUT2D eigenvalue weighted by molar-refractivity contribution is 7.89. The molecule has 0 aromatic heterocycles. The van der Waals surface area contributed by atoms with Crippen molar-refractivity contribution in [3.63, 3.8) is 0 Å². The predicted octanol–water partition coefficient (Wildman–Crippen LogP) is 1.09. The Balaban J connectivity index is 1.69. The van der Waals surface area contributed by atoms with E-state index in [2.05, 4.69) is 17.4 Å². The van der Waals surface area contributed by atoms with Crippen molar-refractivity contribution in [3.05, 3.63) is 65.7 Å². The fourth-order valence-electron chi connectivity index (χ4n) is 3.65. The molecule has 1 amide bonds. The monoisotopic (exact) mass is 402 g/mol. The number of amides is 1. The van der Waals surface area contributed by atoms with Crippen LogP contribution in [0.3, 0.4) is 0 Å². The molecule has 0 saturated carbocycles. The Morgan fingerprint density at radius 2 is 1.64 bits per heavy atom. The molecule has 2 aromatic carbocycles. The molecule has 1 aliphatic rings. The number of carbonyl (C=O) groups excluding carboxylic acids is 1. The summed E-state index contributed by atoms with van der Waals surface area (Å²) < 4.78 is 25.5. The minimum Gasteiger partial charge on any atom is -0.346 e. The summed E-state index contributed by atoms with van der Waals surface area (Å²) in [6.07, 6.45) is 2.43. The van der Waals surface area contributed by atoms with E-state index >= 15 is 0 Å². The highest BCUT2D eigenvalue weighted by Gasteiger charge is 2.27. The molecule has 2 aromatic rings. The Kier molecular flexibility index (Phi) is 6.49. The van der Waals surface area contributed by atoms with Gasteiger partial charge in [-0.2, -0.15) is 0 Å². The van der Waals surface area contributed by atoms with Gasteiger partial charge >= 0.3 is 0 Å². The van der Waals surface area contributed by atoms with E-state index in [0.29, 0.717) is 12.1 Å². The van der Waals surface area contributed by atoms with Crippen molar-refractivity contribution in [1.29, 1.82) is 0 Å². The first-order valence-electron chi connectivity index (χ1n) is 9.60. The minimum absolute atomic E-state index is 0.178. The number of nitrogens with one attached hydrogen (secondary N) is 2. The van der Waals surface area contributed by atoms with E-state index in [1.54, 1.807) is 12.1 Å². The highest BCUT2D eigenvalue weighted by Crippen LogP contribution is 2.15. The Morgan fingerprint density at radius 1 is 1.04 bits per heavy atom. The highest BCUT2D eigenvalue weighted by atomic mass is 32.2. The number of rotatable bonds is 7. The topological polar surface area (TPSA) is 70.9 Å². The van der Waals surface area contributed by atoms with Crippen molar-refractivity contribution >= 4 is 15.9 Å². The molecule has 0 radical (unpaired) electrons. The molecular formula is C21H28N3O3S+. The lowest BCUT2D eigenvalue weighted by atomic mass is 10.1. The van der Waals surface area contributed by atoms with Crippen molar-refractivity contribution in [1.82, 2.24) is 9.62 Å². The molecule has 1 aliphatic heterocycles. The Bertz CT molecular complexity index is 890. The van der Waals surface area contributed by atoms with Crippen molar-refractivity contribution in [3.8, 4) is 0 Å². The number of nitrogens with zero attached hydrogens (tertiary/aromatic N) is 1. The second-order valence-electron chi connectivity index (χ2n) is 7.35. The van der Waals surface area contributed by atoms with E-state index in [4.69, 9.17) is 0 Å². The standard InChI is InChI=1S/C21H27N3O3S/c1-23(2)28(26,27)19-12-10-18(11-13-19)21(25)22-16-20(24-14-6-7-15-24)17-8-4-3-5-9-17/h3-5,8-13,20H,6-7,14-16H2,1-2H3,(H,22,25)/p+1/t20-/m1/s1. The van der Waals surface area contributed by atoms with Gasteiger partial charge in [0.2, 0.25) is 10.0 Å². The summed E-state index contributed by atoms with van der Waals surface area (Å²) in [7, 11) is -0.521. The van der Waals surface area contributed by atoms with Gasteiger partial charge in [-0.3, -0.25) is 4.79 Å². The van der Waals surface area contributed by atoms with Gasteiger partial charge in [0.15, 0.2) is 0 Å². The van der Waals surface area contributed by atoms with Gasteiger partial charge in [0.1, 0.15) is 6.04 Å². The van der Waals surface area contributed by atoms with Gasteiger partial charge in [0, 0.05) is 38.1 Å². The molecule has 7 heteroatoms. The second-order valence-corrected chi connectivity index (χ2v) is 9.50. The van der Waals surface area contributed by atoms with Crippen LogP contribution in [-0.4, -0.2) is 52.4 Å². The predicted molar refractivity (Wildman–Crippen MR) is 109 cm³/mol. The van der Waals surface area contributed by atoms with Gasteiger partial charge in [-0.15, -0.1) is 0 Å². The number of likely N-dealkylation sites (tertiary alicyclic amines) is 1. The minimum atomic E-state index is -3.49. The average molecular weight is 403 g/mol. The quantitative estimate of drug-likeness (QED) is 0.728. The van der Waals surface area contributed by atoms with Crippen LogP contribution in [0.4, 0.5) is 0 Å². The van der Waals surface area contributed by atoms with E-state index in [-0.39, 0.29) is 16.8 Å². The molecule has 0 unspecified atom stereocenters. The van der Waals surface area contributed by atoms with Gasteiger partial charge in [-0.05, 0) is 24.3 Å². The van der Waals surface area contributed by atoms with Gasteiger partial charge < -0.3 is 10.2 Å². The fourth-order valence-corrected chi connectivity index (χ4v) is 4.55. The summed E-state index contributed by atoms with van der Waals surface area (Å²) in [6, 6.07) is 16.6. The van der Waals surface area contributed by atoms with Crippen LogP contribution in [0, 0.1) is 0 Å². The maximum Gasteiger partial charge on any atom is 0.251 e. The van der Waals surface area contributed by atoms with Gasteiger partial charge in [-0.1, -0.05) is 30.3 Å². The van der Waals surface area contributed by atoms with Crippen LogP contribution in [0.25, 0.3) is 0 Å². The van der Waals surface area contributed by atoms with E-state index in [0.717, 1.165) is 17.4 Å². The number of carbonyl (C=O) groups is 1. The van der Waals surface area contributed by atoms with Crippen LogP contribution in [0.1, 0.15) is 34.8 Å². The Morgan fingerprint density at radius 3 is 2.21 bits per heavy atom. The number of sulfonamides is 1. The SMILES string of the molecule is CN(C)S(=O)(=O)c1ccc(C(=O)NC[C@H](c2ccccc2)[NH+]2CCCC2)cc1. The van der Waals surface area contributed by atoms with Crippen molar-refractivity contribution in [2.45, 2.75) is 23.8 Å². The summed E-state index contributed by atoms with van der Waals surface area (Å²) >= 11 is 0. The van der Waals surface area contributed by atoms with Crippen LogP contribution in [0.2, 0.25) is 0 Å². The third kappa shape index (κ3) is 4.60. The lowest BCUT2D eigenvalue weighted by molar-refractivity contribution is -0.918. The third-order valence-electron chi connectivity index (χ3n) is 5.30. The maximum atomic E-state index is 12.6. The second kappa shape index (κ2) is 8.86. The summed E-state index contributed by atoms with van der Waals surface area (Å²) in [5.41, 5.74) is 1.69. The van der Waals surface area contributed by atoms with Crippen molar-refractivity contribution < 1.29 is 18.1 Å². The maximum absolute atomic E-state index is 12.6. The van der Waals surface area contributed by atoms with Gasteiger partial charge in [0.05, 0.1) is 24.5 Å². The zero-order chi connectivity index (χ0) is 20.1. The largest absolute Gasteiger partial charge is 0.346 e. The molecule has 28 heavy (non-hydrogen) atoms. The first-order chi connectivity index (χ1) is 13.4. The molecule has 2 N–H and O–H groups in total. The number of benzene rings is 2. The average Bonchev–Trinajstić information content (AvgIpc) is 3.23. The van der Waals surface area contributed by atoms with Crippen molar-refractivity contribution in [2.75, 3.05) is 33.7 Å². The van der Waals surface area contributed by atoms with Crippen LogP contribution < -0.4 is 10.2 Å². The summed E-state index contributed by atoms with van der Waals surface area (Å²) in [5.74, 6) is -0.187. The number of hydrogen-bond acceptors (Lipinski definition) is 3. The first kappa shape index (κ1) is 20.5. The van der Waals surface area contributed by atoms with Gasteiger partial charge in [0.25, 0.3) is 5.91 Å². The van der Waals surface area contributed by atoms with Crippen molar-refractivity contribution in [2.24, 2.45) is 0 Å². The smallest absolute Gasteiger partial charge is 0.251 e. The molecular weight excluding hydrogens is 374 g/mol. The molecule has 6 nitrogen and oxygen atoms in total. The van der Waals surface area contributed by atoms with E-state index in [9.17, 15) is 13.2 Å². The number of hydrogen-bond donors (Lipinski definition) is 2. The Hall–Kier alpha value is -2.22.